The zero-order chi connectivity index (χ0) is 14.4. The van der Waals surface area contributed by atoms with Gasteiger partial charge in [-0.1, -0.05) is 30.1 Å². The first kappa shape index (κ1) is 15.9. The van der Waals surface area contributed by atoms with E-state index in [0.29, 0.717) is 15.4 Å². The van der Waals surface area contributed by atoms with E-state index in [1.54, 1.807) is 19.2 Å². The number of halogens is 2. The minimum Gasteiger partial charge on any atom is -0.364 e. The molecule has 19 heavy (non-hydrogen) atoms. The van der Waals surface area contributed by atoms with Crippen LogP contribution in [0.2, 0.25) is 10.3 Å². The Balaban J connectivity index is 2.56. The van der Waals surface area contributed by atoms with Crippen molar-refractivity contribution in [2.75, 3.05) is 7.05 Å². The van der Waals surface area contributed by atoms with Crippen LogP contribution in [0.15, 0.2) is 12.1 Å². The van der Waals surface area contributed by atoms with Crippen molar-refractivity contribution >= 4 is 46.4 Å². The molecule has 0 aliphatic carbocycles. The van der Waals surface area contributed by atoms with Crippen LogP contribution in [0.4, 0.5) is 0 Å². The zero-order valence-corrected chi connectivity index (χ0v) is 12.8. The molecule has 0 aliphatic rings. The number of nitrogens with zero attached hydrogens (tertiary/aromatic N) is 1. The quantitative estimate of drug-likeness (QED) is 0.451. The molecular formula is C11H14Cl2N4OS. The van der Waals surface area contributed by atoms with Crippen molar-refractivity contribution in [1.29, 1.82) is 0 Å². The maximum Gasteiger partial charge on any atom is 0.238 e. The lowest BCUT2D eigenvalue weighted by molar-refractivity contribution is -0.121. The third-order valence-corrected chi connectivity index (χ3v) is 3.08. The van der Waals surface area contributed by atoms with E-state index < -0.39 is 0 Å². The number of nitrogens with one attached hydrogen (secondary N) is 3. The van der Waals surface area contributed by atoms with E-state index in [9.17, 15) is 4.79 Å². The highest BCUT2D eigenvalue weighted by Gasteiger charge is 2.13. The van der Waals surface area contributed by atoms with Crippen LogP contribution >= 0.6 is 35.4 Å². The Morgan fingerprint density at radius 3 is 2.47 bits per heavy atom. The Hall–Kier alpha value is -1.11. The first-order valence-corrected chi connectivity index (χ1v) is 6.68. The van der Waals surface area contributed by atoms with Crippen LogP contribution in [0.25, 0.3) is 0 Å². The molecular weight excluding hydrogens is 307 g/mol. The van der Waals surface area contributed by atoms with Crippen LogP contribution in [0.1, 0.15) is 24.8 Å². The molecule has 1 aromatic heterocycles. The first-order valence-electron chi connectivity index (χ1n) is 5.52. The maximum absolute atomic E-state index is 11.7. The number of carbonyl (C=O) groups excluding carboxylic acids is 1. The third kappa shape index (κ3) is 5.59. The van der Waals surface area contributed by atoms with E-state index in [4.69, 9.17) is 35.4 Å². The van der Waals surface area contributed by atoms with Crippen LogP contribution in [0.3, 0.4) is 0 Å². The summed E-state index contributed by atoms with van der Waals surface area (Å²) in [5.74, 6) is -0.225. The van der Waals surface area contributed by atoms with Crippen LogP contribution in [0, 0.1) is 0 Å². The number of thiocarbonyl (C=S) groups is 1. The number of hydrazine groups is 1. The number of rotatable bonds is 3. The molecule has 1 rings (SSSR count). The van der Waals surface area contributed by atoms with E-state index in [1.165, 1.54) is 0 Å². The van der Waals surface area contributed by atoms with Gasteiger partial charge in [-0.15, -0.1) is 0 Å². The van der Waals surface area contributed by atoms with Crippen LogP contribution in [-0.2, 0) is 4.79 Å². The summed E-state index contributed by atoms with van der Waals surface area (Å²) in [6.45, 7) is 1.90. The van der Waals surface area contributed by atoms with Crippen molar-refractivity contribution < 1.29 is 4.79 Å². The lowest BCUT2D eigenvalue weighted by Crippen LogP contribution is -2.45. The Labute approximate surface area is 127 Å². The van der Waals surface area contributed by atoms with Gasteiger partial charge in [0.05, 0.1) is 0 Å². The minimum atomic E-state index is -0.186. The molecule has 104 valence electrons. The molecule has 0 radical (unpaired) electrons. The summed E-state index contributed by atoms with van der Waals surface area (Å²) in [7, 11) is 1.66. The van der Waals surface area contributed by atoms with Crippen molar-refractivity contribution in [3.05, 3.63) is 28.0 Å². The second-order valence-corrected chi connectivity index (χ2v) is 5.09. The number of pyridine rings is 1. The molecule has 0 saturated heterocycles. The van der Waals surface area contributed by atoms with Crippen LogP contribution in [-0.4, -0.2) is 23.1 Å². The van der Waals surface area contributed by atoms with E-state index in [-0.39, 0.29) is 18.2 Å². The monoisotopic (exact) mass is 320 g/mol. The van der Waals surface area contributed by atoms with Gasteiger partial charge < -0.3 is 5.32 Å². The third-order valence-electron chi connectivity index (χ3n) is 2.39. The van der Waals surface area contributed by atoms with Crippen LogP contribution in [0.5, 0.6) is 0 Å². The van der Waals surface area contributed by atoms with Gasteiger partial charge in [-0.3, -0.25) is 15.6 Å². The van der Waals surface area contributed by atoms with Crippen LogP contribution < -0.4 is 16.2 Å². The lowest BCUT2D eigenvalue weighted by Gasteiger charge is -2.13. The largest absolute Gasteiger partial charge is 0.364 e. The lowest BCUT2D eigenvalue weighted by atomic mass is 9.99. The second-order valence-electron chi connectivity index (χ2n) is 3.90. The highest BCUT2D eigenvalue weighted by Crippen LogP contribution is 2.23. The molecule has 0 spiro atoms. The molecule has 0 fully saturated rings. The second kappa shape index (κ2) is 7.47. The average molecular weight is 321 g/mol. The van der Waals surface area contributed by atoms with E-state index >= 15 is 0 Å². The molecule has 8 heteroatoms. The van der Waals surface area contributed by atoms with Gasteiger partial charge in [-0.25, -0.2) is 4.98 Å². The van der Waals surface area contributed by atoms with Crippen molar-refractivity contribution in [2.45, 2.75) is 19.3 Å². The van der Waals surface area contributed by atoms with Gasteiger partial charge in [0.1, 0.15) is 10.3 Å². The van der Waals surface area contributed by atoms with E-state index in [0.717, 1.165) is 5.56 Å². The van der Waals surface area contributed by atoms with Gasteiger partial charge in [-0.05, 0) is 35.8 Å². The fraction of sp³-hybridized carbons (Fsp3) is 0.364. The molecule has 0 aliphatic heterocycles. The van der Waals surface area contributed by atoms with Gasteiger partial charge in [0, 0.05) is 13.5 Å². The molecule has 1 heterocycles. The average Bonchev–Trinajstić information content (AvgIpc) is 2.34. The number of aromatic nitrogens is 1. The Bertz CT molecular complexity index is 464. The summed E-state index contributed by atoms with van der Waals surface area (Å²) in [5.41, 5.74) is 5.91. The van der Waals surface area contributed by atoms with E-state index in [2.05, 4.69) is 21.2 Å². The van der Waals surface area contributed by atoms with Gasteiger partial charge in [0.2, 0.25) is 5.91 Å². The number of carbonyl (C=O) groups is 1. The highest BCUT2D eigenvalue weighted by molar-refractivity contribution is 7.80. The predicted molar refractivity (Wildman–Crippen MR) is 80.2 cm³/mol. The standard InChI is InChI=1S/C11H14Cl2N4OS/c1-6(3-10(18)16-17-11(19)14-2)7-4-8(12)15-9(13)5-7/h4-6H,3H2,1-2H3,(H,16,18)(H2,14,17,19)/t6-/m0/s1. The predicted octanol–water partition coefficient (Wildman–Crippen LogP) is 2.01. The minimum absolute atomic E-state index is 0.0389. The number of hydrogen-bond acceptors (Lipinski definition) is 3. The topological polar surface area (TPSA) is 66.0 Å². The molecule has 0 saturated carbocycles. The number of hydrogen-bond donors (Lipinski definition) is 3. The summed E-state index contributed by atoms with van der Waals surface area (Å²) in [4.78, 5) is 15.5. The summed E-state index contributed by atoms with van der Waals surface area (Å²) in [6, 6.07) is 3.38. The molecule has 0 aromatic carbocycles. The highest BCUT2D eigenvalue weighted by atomic mass is 35.5. The number of amides is 1. The molecule has 5 nitrogen and oxygen atoms in total. The van der Waals surface area contributed by atoms with Crippen molar-refractivity contribution in [2.24, 2.45) is 0 Å². The summed E-state index contributed by atoms with van der Waals surface area (Å²) in [6.07, 6.45) is 0.274. The SMILES string of the molecule is CNC(=S)NNC(=O)C[C@H](C)c1cc(Cl)nc(Cl)c1. The van der Waals surface area contributed by atoms with Gasteiger partial charge in [0.25, 0.3) is 0 Å². The van der Waals surface area contributed by atoms with Gasteiger partial charge in [0.15, 0.2) is 5.11 Å². The van der Waals surface area contributed by atoms with Crippen molar-refractivity contribution in [1.82, 2.24) is 21.2 Å². The Kier molecular flexibility index (Phi) is 6.27. The molecule has 1 amide bonds. The van der Waals surface area contributed by atoms with Gasteiger partial charge in [-0.2, -0.15) is 0 Å². The Morgan fingerprint density at radius 1 is 1.37 bits per heavy atom. The summed E-state index contributed by atoms with van der Waals surface area (Å²) < 4.78 is 0. The smallest absolute Gasteiger partial charge is 0.238 e. The molecule has 1 aromatic rings. The molecule has 0 bridgehead atoms. The molecule has 0 unspecified atom stereocenters. The zero-order valence-electron chi connectivity index (χ0n) is 10.5. The van der Waals surface area contributed by atoms with E-state index in [1.807, 2.05) is 6.92 Å². The Morgan fingerprint density at radius 2 is 1.95 bits per heavy atom. The fourth-order valence-corrected chi connectivity index (χ4v) is 1.93. The first-order chi connectivity index (χ1) is 8.92. The summed E-state index contributed by atoms with van der Waals surface area (Å²) in [5, 5.41) is 3.65. The van der Waals surface area contributed by atoms with Gasteiger partial charge >= 0.3 is 0 Å². The van der Waals surface area contributed by atoms with Crippen molar-refractivity contribution in [3.63, 3.8) is 0 Å². The molecule has 1 atom stereocenters. The fourth-order valence-electron chi connectivity index (χ4n) is 1.40. The normalized spacial score (nSPS) is 11.6. The van der Waals surface area contributed by atoms with Crippen molar-refractivity contribution in [3.8, 4) is 0 Å². The molecule has 3 N–H and O–H groups in total. The maximum atomic E-state index is 11.7. The summed E-state index contributed by atoms with van der Waals surface area (Å²) >= 11 is 16.5.